The lowest BCUT2D eigenvalue weighted by atomic mass is 10.2. The number of nitrogens with zero attached hydrogens (tertiary/aromatic N) is 5. The molecule has 2 aromatic carbocycles. The third-order valence-corrected chi connectivity index (χ3v) is 12.7. The summed E-state index contributed by atoms with van der Waals surface area (Å²) >= 11 is 5.21. The largest absolute Gasteiger partial charge is 0.493 e. The van der Waals surface area contributed by atoms with E-state index in [0.717, 1.165) is 20.7 Å². The number of aromatic nitrogens is 4. The number of H-pyrrole nitrogens is 1. The van der Waals surface area contributed by atoms with Crippen molar-refractivity contribution in [2.24, 2.45) is 0 Å². The first-order valence-electron chi connectivity index (χ1n) is 15.5. The fourth-order valence-electron chi connectivity index (χ4n) is 5.56. The zero-order chi connectivity index (χ0) is 34.0. The van der Waals surface area contributed by atoms with Crippen molar-refractivity contribution in [3.8, 4) is 33.3 Å². The second kappa shape index (κ2) is 14.4. The monoisotopic (exact) mass is 726 g/mol. The third kappa shape index (κ3) is 7.13. The Balaban J connectivity index is 1.15. The molecular weight excluding hydrogens is 693 g/mol. The first-order chi connectivity index (χ1) is 23.1. The van der Waals surface area contributed by atoms with Gasteiger partial charge in [0.1, 0.15) is 21.1 Å². The van der Waals surface area contributed by atoms with Crippen LogP contribution in [0.15, 0.2) is 58.2 Å². The van der Waals surface area contributed by atoms with Crippen molar-refractivity contribution in [1.29, 1.82) is 0 Å². The lowest BCUT2D eigenvalue weighted by molar-refractivity contribution is -0.135. The molecule has 0 aliphatic carbocycles. The highest BCUT2D eigenvalue weighted by molar-refractivity contribution is 7.89. The number of benzene rings is 2. The van der Waals surface area contributed by atoms with Gasteiger partial charge in [-0.25, -0.2) is 17.9 Å². The number of nitrogens with one attached hydrogen (secondary N) is 1. The maximum absolute atomic E-state index is 13.8. The van der Waals surface area contributed by atoms with E-state index in [0.29, 0.717) is 60.2 Å². The van der Waals surface area contributed by atoms with Gasteiger partial charge in [-0.3, -0.25) is 14.5 Å². The smallest absolute Gasteiger partial charge is 0.325 e. The molecule has 1 aliphatic heterocycles. The van der Waals surface area contributed by atoms with Gasteiger partial charge in [-0.05, 0) is 74.4 Å². The number of hydrogen-bond donors (Lipinski definition) is 1. The molecule has 1 saturated heterocycles. The number of ether oxygens (including phenoxy) is 2. The Morgan fingerprint density at radius 1 is 1.04 bits per heavy atom. The average molecular weight is 727 g/mol. The van der Waals surface area contributed by atoms with Gasteiger partial charge in [0.05, 0.1) is 29.3 Å². The zero-order valence-corrected chi connectivity index (χ0v) is 29.9. The highest BCUT2D eigenvalue weighted by Gasteiger charge is 2.30. The lowest BCUT2D eigenvalue weighted by Crippen LogP contribution is -2.50. The number of sulfonamides is 1. The summed E-state index contributed by atoms with van der Waals surface area (Å²) in [5, 5.41) is 4.67. The van der Waals surface area contributed by atoms with Gasteiger partial charge in [-0.2, -0.15) is 4.31 Å². The van der Waals surface area contributed by atoms with Crippen LogP contribution in [0.2, 0.25) is 0 Å². The van der Waals surface area contributed by atoms with Gasteiger partial charge in [0.15, 0.2) is 11.3 Å². The quantitative estimate of drug-likeness (QED) is 0.0839. The van der Waals surface area contributed by atoms with Crippen LogP contribution in [0.3, 0.4) is 0 Å². The number of carbonyl (C=O) groups is 1. The molecule has 1 N–H and O–H groups in total. The Morgan fingerprint density at radius 2 is 1.79 bits per heavy atom. The number of hydrogen-bond acceptors (Lipinski definition) is 12. The second-order valence-electron chi connectivity index (χ2n) is 11.2. The fourth-order valence-corrected chi connectivity index (χ4v) is 9.41. The molecule has 1 aliphatic rings. The van der Waals surface area contributed by atoms with Crippen LogP contribution in [0, 0.1) is 10.7 Å². The molecule has 6 rings (SSSR count). The Kier molecular flexibility index (Phi) is 10.2. The summed E-state index contributed by atoms with van der Waals surface area (Å²) in [6, 6.07) is 13.8. The normalized spacial score (nSPS) is 14.4. The number of esters is 1. The Hall–Kier alpha value is -3.80. The van der Waals surface area contributed by atoms with Crippen LogP contribution in [0.4, 0.5) is 0 Å². The molecule has 12 nitrogen and oxygen atoms in total. The number of fused-ring (bicyclic) bond motifs is 1. The molecule has 1 fully saturated rings. The van der Waals surface area contributed by atoms with E-state index in [2.05, 4.69) is 15.1 Å². The molecule has 4 heterocycles. The topological polar surface area (TPSA) is 139 Å². The molecule has 5 aromatic rings. The summed E-state index contributed by atoms with van der Waals surface area (Å²) in [6.45, 7) is 7.05. The van der Waals surface area contributed by atoms with Crippen LogP contribution in [-0.4, -0.2) is 82.5 Å². The molecule has 252 valence electrons. The summed E-state index contributed by atoms with van der Waals surface area (Å²) in [5.41, 5.74) is 1.90. The minimum Gasteiger partial charge on any atom is -0.493 e. The number of aryl methyl sites for hydroxylation is 2. The predicted octanol–water partition coefficient (Wildman–Crippen LogP) is 5.18. The van der Waals surface area contributed by atoms with Crippen molar-refractivity contribution in [1.82, 2.24) is 28.8 Å². The molecular formula is C32H34N6O6S4. The van der Waals surface area contributed by atoms with Crippen molar-refractivity contribution in [3.63, 3.8) is 0 Å². The van der Waals surface area contributed by atoms with Crippen molar-refractivity contribution in [2.75, 3.05) is 39.3 Å². The lowest BCUT2D eigenvalue weighted by Gasteiger charge is -2.33. The average Bonchev–Trinajstić information content (AvgIpc) is 3.64. The summed E-state index contributed by atoms with van der Waals surface area (Å²) in [6.07, 6.45) is 1.44. The van der Waals surface area contributed by atoms with Gasteiger partial charge in [0, 0.05) is 37.5 Å². The Labute approximate surface area is 290 Å². The van der Waals surface area contributed by atoms with Gasteiger partial charge in [-0.1, -0.05) is 39.8 Å². The molecule has 0 radical (unpaired) electrons. The SMILES string of the molecule is CCCc1nc(C)c2c(=O)[nH]c(-c3cc(S(=O)(=O)N4CCN(CC(=O)Oc5ccc(-c6cc(=S)ss6)cc5)CC4)ccc3OCC)nn12. The van der Waals surface area contributed by atoms with Crippen LogP contribution in [0.25, 0.3) is 27.3 Å². The summed E-state index contributed by atoms with van der Waals surface area (Å²) in [4.78, 5) is 36.1. The Morgan fingerprint density at radius 3 is 2.46 bits per heavy atom. The number of imidazole rings is 1. The molecule has 3 aromatic heterocycles. The van der Waals surface area contributed by atoms with E-state index in [1.165, 1.54) is 21.0 Å². The first-order valence-corrected chi connectivity index (χ1v) is 19.5. The van der Waals surface area contributed by atoms with Gasteiger partial charge in [0.2, 0.25) is 10.0 Å². The first kappa shape index (κ1) is 34.1. The van der Waals surface area contributed by atoms with E-state index in [4.69, 9.17) is 21.7 Å². The highest BCUT2D eigenvalue weighted by atomic mass is 32.9. The Bertz CT molecular complexity index is 2180. The second-order valence-corrected chi connectivity index (χ2v) is 16.0. The molecule has 16 heteroatoms. The van der Waals surface area contributed by atoms with Crippen molar-refractivity contribution >= 4 is 54.4 Å². The van der Waals surface area contributed by atoms with E-state index in [1.54, 1.807) is 45.8 Å². The van der Waals surface area contributed by atoms with Crippen molar-refractivity contribution < 1.29 is 22.7 Å². The van der Waals surface area contributed by atoms with Crippen LogP contribution >= 0.6 is 32.9 Å². The number of piperazine rings is 1. The fraction of sp³-hybridized carbons (Fsp3) is 0.344. The van der Waals surface area contributed by atoms with Gasteiger partial charge >= 0.3 is 5.97 Å². The maximum Gasteiger partial charge on any atom is 0.325 e. The minimum atomic E-state index is -3.92. The maximum atomic E-state index is 13.8. The molecule has 0 atom stereocenters. The summed E-state index contributed by atoms with van der Waals surface area (Å²) in [7, 11) is -0.780. The van der Waals surface area contributed by atoms with E-state index < -0.39 is 16.0 Å². The van der Waals surface area contributed by atoms with Crippen LogP contribution in [0.5, 0.6) is 11.5 Å². The van der Waals surface area contributed by atoms with E-state index in [-0.39, 0.29) is 35.9 Å². The minimum absolute atomic E-state index is 0.0318. The summed E-state index contributed by atoms with van der Waals surface area (Å²) < 4.78 is 42.8. The van der Waals surface area contributed by atoms with Crippen LogP contribution in [0.1, 0.15) is 31.8 Å². The van der Waals surface area contributed by atoms with Crippen molar-refractivity contribution in [3.05, 3.63) is 74.2 Å². The number of aromatic amines is 1. The van der Waals surface area contributed by atoms with Gasteiger partial charge in [-0.15, -0.1) is 5.10 Å². The van der Waals surface area contributed by atoms with Gasteiger partial charge in [0.25, 0.3) is 5.56 Å². The zero-order valence-electron chi connectivity index (χ0n) is 26.6. The van der Waals surface area contributed by atoms with E-state index >= 15 is 0 Å². The molecule has 0 saturated carbocycles. The summed E-state index contributed by atoms with van der Waals surface area (Å²) in [5.74, 6) is 1.24. The van der Waals surface area contributed by atoms with E-state index in [1.807, 2.05) is 36.9 Å². The van der Waals surface area contributed by atoms with Crippen molar-refractivity contribution in [2.45, 2.75) is 38.5 Å². The van der Waals surface area contributed by atoms with Crippen LogP contribution < -0.4 is 15.0 Å². The predicted molar refractivity (Wildman–Crippen MR) is 188 cm³/mol. The number of rotatable bonds is 11. The molecule has 0 amide bonds. The van der Waals surface area contributed by atoms with Crippen LogP contribution in [-0.2, 0) is 21.2 Å². The molecule has 48 heavy (non-hydrogen) atoms. The highest BCUT2D eigenvalue weighted by Crippen LogP contribution is 2.32. The standard InChI is InChI=1S/C32H34N6O6S4/c1-4-6-27-33-20(3)30-32(40)34-31(35-38(27)30)24-17-23(11-12-25(24)43-5-2)48(41,42)37-15-13-36(14-16-37)19-28(39)44-22-9-7-21(8-10-22)26-18-29(45)47-46-26/h7-12,17-18H,4-6,13-16,19H2,1-3H3,(H,34,35,40). The van der Waals surface area contributed by atoms with E-state index in [9.17, 15) is 18.0 Å². The molecule has 0 bridgehead atoms. The number of carbonyl (C=O) groups excluding carboxylic acids is 1. The molecule has 0 spiro atoms. The van der Waals surface area contributed by atoms with Gasteiger partial charge < -0.3 is 14.5 Å². The third-order valence-electron chi connectivity index (χ3n) is 7.88. The molecule has 0 unspecified atom stereocenters.